The first-order valence-electron chi connectivity index (χ1n) is 13.8. The van der Waals surface area contributed by atoms with Crippen LogP contribution in [0.4, 0.5) is 4.79 Å². The zero-order valence-corrected chi connectivity index (χ0v) is 27.7. The summed E-state index contributed by atoms with van der Waals surface area (Å²) in [5, 5.41) is 11.7. The molecule has 0 aliphatic rings. The number of aliphatic hydroxyl groups excluding tert-OH is 1. The fourth-order valence-electron chi connectivity index (χ4n) is 3.68. The van der Waals surface area contributed by atoms with E-state index in [9.17, 15) is 19.0 Å². The smallest absolute Gasteiger partial charge is 0.407 e. The van der Waals surface area contributed by atoms with Crippen LogP contribution in [0.5, 0.6) is 0 Å². The molecule has 1 rings (SSSR count). The number of alkyl carbamates (subject to hydrolysis) is 1. The zero-order chi connectivity index (χ0) is 30.9. The Morgan fingerprint density at radius 2 is 1.25 bits per heavy atom. The van der Waals surface area contributed by atoms with Crippen molar-refractivity contribution in [2.75, 3.05) is 6.54 Å². The van der Waals surface area contributed by atoms with Crippen molar-refractivity contribution in [1.82, 2.24) is 5.32 Å². The largest absolute Gasteiger partial charge is 0.444 e. The molecule has 13 heteroatoms. The van der Waals surface area contributed by atoms with Crippen molar-refractivity contribution in [2.45, 2.75) is 131 Å². The van der Waals surface area contributed by atoms with Crippen molar-refractivity contribution >= 4 is 21.3 Å². The van der Waals surface area contributed by atoms with E-state index in [2.05, 4.69) is 5.32 Å². The maximum atomic E-state index is 14.3. The van der Waals surface area contributed by atoms with E-state index in [-0.39, 0.29) is 19.5 Å². The second-order valence-electron chi connectivity index (χ2n) is 11.8. The number of aliphatic hydroxyl groups is 1. The first-order valence-corrected chi connectivity index (χ1v) is 17.0. The summed E-state index contributed by atoms with van der Waals surface area (Å²) in [6, 6.07) is 3.54. The van der Waals surface area contributed by atoms with Crippen LogP contribution in [0.3, 0.4) is 0 Å². The number of ether oxygens (including phenoxy) is 1. The fraction of sp³-hybridized carbons (Fsp3) is 0.778. The highest BCUT2D eigenvalue weighted by atomic mass is 31.2. The van der Waals surface area contributed by atoms with Gasteiger partial charge in [-0.3, -0.25) is 9.13 Å². The van der Waals surface area contributed by atoms with E-state index in [4.69, 9.17) is 22.8 Å². The first kappa shape index (κ1) is 36.7. The number of aromatic nitrogens is 1. The molecule has 2 N–H and O–H groups in total. The van der Waals surface area contributed by atoms with Crippen LogP contribution in [-0.2, 0) is 44.9 Å². The van der Waals surface area contributed by atoms with Crippen molar-refractivity contribution < 1.29 is 46.4 Å². The molecule has 0 aliphatic heterocycles. The lowest BCUT2D eigenvalue weighted by Crippen LogP contribution is -2.45. The molecule has 0 aromatic carbocycles. The number of hydrogen-bond acceptors (Lipinski definition) is 9. The molecule has 0 radical (unpaired) electrons. The van der Waals surface area contributed by atoms with Crippen molar-refractivity contribution in [3.63, 3.8) is 0 Å². The molecule has 0 spiro atoms. The van der Waals surface area contributed by atoms with E-state index in [0.29, 0.717) is 5.56 Å². The maximum absolute atomic E-state index is 14.3. The lowest BCUT2D eigenvalue weighted by atomic mass is 10.2. The molecule has 0 bridgehead atoms. The third-order valence-corrected chi connectivity index (χ3v) is 11.2. The van der Waals surface area contributed by atoms with Crippen LogP contribution >= 0.6 is 15.2 Å². The molecule has 11 nitrogen and oxygen atoms in total. The molecule has 1 aromatic heterocycles. The van der Waals surface area contributed by atoms with Crippen LogP contribution in [0.1, 0.15) is 81.7 Å². The highest BCUT2D eigenvalue weighted by Crippen LogP contribution is 2.72. The van der Waals surface area contributed by atoms with E-state index in [1.165, 1.54) is 0 Å². The van der Waals surface area contributed by atoms with Gasteiger partial charge in [-0.05, 0) is 88.1 Å². The Balaban J connectivity index is 3.24. The molecular weight excluding hydrogens is 558 g/mol. The van der Waals surface area contributed by atoms with E-state index in [1.54, 1.807) is 105 Å². The molecule has 1 atom stereocenters. The van der Waals surface area contributed by atoms with E-state index in [1.807, 2.05) is 0 Å². The Hall–Kier alpha value is -1.32. The Morgan fingerprint density at radius 1 is 0.850 bits per heavy atom. The quantitative estimate of drug-likeness (QED) is 0.176. The number of nitrogens with zero attached hydrogens (tertiary/aromatic N) is 1. The lowest BCUT2D eigenvalue weighted by Gasteiger charge is -2.35. The van der Waals surface area contributed by atoms with Crippen LogP contribution in [0.15, 0.2) is 24.5 Å². The average Bonchev–Trinajstić information content (AvgIpc) is 2.73. The highest BCUT2D eigenvalue weighted by molar-refractivity contribution is 7.72. The van der Waals surface area contributed by atoms with Crippen molar-refractivity contribution in [3.05, 3.63) is 30.1 Å². The number of carbonyl (C=O) groups excluding carboxylic acids is 1. The van der Waals surface area contributed by atoms with Gasteiger partial charge in [0, 0.05) is 12.1 Å². The number of hydrogen-bond donors (Lipinski definition) is 2. The molecule has 1 unspecified atom stereocenters. The minimum absolute atomic E-state index is 0.0102. The number of rotatable bonds is 16. The van der Waals surface area contributed by atoms with Crippen molar-refractivity contribution in [2.24, 2.45) is 0 Å². The number of nitrogens with one attached hydrogen (secondary N) is 1. The van der Waals surface area contributed by atoms with Gasteiger partial charge in [0.1, 0.15) is 11.7 Å². The lowest BCUT2D eigenvalue weighted by molar-refractivity contribution is -0.703. The maximum Gasteiger partial charge on any atom is 0.407 e. The first-order chi connectivity index (χ1) is 18.2. The second-order valence-corrected chi connectivity index (χ2v) is 16.5. The molecule has 232 valence electrons. The Bertz CT molecular complexity index is 942. The summed E-state index contributed by atoms with van der Waals surface area (Å²) in [7, 11) is -8.04. The van der Waals surface area contributed by atoms with Gasteiger partial charge >= 0.3 is 21.3 Å². The fourth-order valence-corrected chi connectivity index (χ4v) is 9.60. The van der Waals surface area contributed by atoms with Crippen LogP contribution in [0.2, 0.25) is 0 Å². The SMILES string of the molecule is CC(C)OP(=O)(OC(C)C)C(Cc1cc[n+](CC(O)CNC(=O)OC(C)(C)C)cc1)P(=O)(OC(C)C)OC(C)C. The standard InChI is InChI=1S/C27H50N2O9P2/c1-19(2)35-39(32,36-20(3)4)25(40(33,37-21(5)6)38-22(7)8)16-23-12-14-29(15-13-23)18-24(30)17-28-26(31)34-27(9,10)11/h12-15,19-22,24-25,30H,16-18H2,1-11H3/p+1. The number of pyridine rings is 1. The molecule has 0 saturated heterocycles. The molecular formula is C27H51N2O9P2+. The van der Waals surface area contributed by atoms with Gasteiger partial charge in [0.15, 0.2) is 24.3 Å². The van der Waals surface area contributed by atoms with Gasteiger partial charge in [0.2, 0.25) is 0 Å². The predicted octanol–water partition coefficient (Wildman–Crippen LogP) is 5.81. The van der Waals surface area contributed by atoms with Gasteiger partial charge in [0.25, 0.3) is 0 Å². The topological polar surface area (TPSA) is 134 Å². The Morgan fingerprint density at radius 3 is 1.60 bits per heavy atom. The minimum Gasteiger partial charge on any atom is -0.444 e. The normalized spacial score (nSPS) is 14.0. The molecule has 1 heterocycles. The molecule has 40 heavy (non-hydrogen) atoms. The average molecular weight is 610 g/mol. The number of carbonyl (C=O) groups is 1. The van der Waals surface area contributed by atoms with E-state index >= 15 is 0 Å². The van der Waals surface area contributed by atoms with Crippen LogP contribution in [-0.4, -0.2) is 59.3 Å². The van der Waals surface area contributed by atoms with E-state index in [0.717, 1.165) is 0 Å². The molecule has 0 saturated carbocycles. The zero-order valence-electron chi connectivity index (χ0n) is 25.9. The van der Waals surface area contributed by atoms with Crippen molar-refractivity contribution in [3.8, 4) is 0 Å². The van der Waals surface area contributed by atoms with Crippen LogP contribution < -0.4 is 9.88 Å². The summed E-state index contributed by atoms with van der Waals surface area (Å²) in [5.41, 5.74) is 0.0641. The second kappa shape index (κ2) is 15.8. The molecule has 0 aliphatic carbocycles. The van der Waals surface area contributed by atoms with Gasteiger partial charge < -0.3 is 33.3 Å². The van der Waals surface area contributed by atoms with Gasteiger partial charge in [-0.2, -0.15) is 0 Å². The third kappa shape index (κ3) is 13.6. The summed E-state index contributed by atoms with van der Waals surface area (Å²) >= 11 is 0. The van der Waals surface area contributed by atoms with Crippen LogP contribution in [0.25, 0.3) is 0 Å². The van der Waals surface area contributed by atoms with Crippen molar-refractivity contribution in [1.29, 1.82) is 0 Å². The molecule has 1 aromatic rings. The summed E-state index contributed by atoms with van der Waals surface area (Å²) in [4.78, 5) is 11.9. The Kier molecular flexibility index (Phi) is 14.5. The van der Waals surface area contributed by atoms with Gasteiger partial charge in [-0.15, -0.1) is 0 Å². The van der Waals surface area contributed by atoms with Gasteiger partial charge in [0.05, 0.1) is 31.0 Å². The van der Waals surface area contributed by atoms with Crippen LogP contribution in [0, 0.1) is 0 Å². The summed E-state index contributed by atoms with van der Waals surface area (Å²) < 4.78 is 59.0. The summed E-state index contributed by atoms with van der Waals surface area (Å²) in [5.74, 6) is 0. The summed E-state index contributed by atoms with van der Waals surface area (Å²) in [6.07, 6.45) is 0.174. The van der Waals surface area contributed by atoms with Gasteiger partial charge in [-0.25, -0.2) is 9.36 Å². The monoisotopic (exact) mass is 609 g/mol. The van der Waals surface area contributed by atoms with E-state index < -0.39 is 62.8 Å². The molecule has 1 amide bonds. The Labute approximate surface area is 240 Å². The minimum atomic E-state index is -4.02. The number of amides is 1. The predicted molar refractivity (Wildman–Crippen MR) is 154 cm³/mol. The van der Waals surface area contributed by atoms with Gasteiger partial charge in [-0.1, -0.05) is 0 Å². The third-order valence-electron chi connectivity index (χ3n) is 4.84. The highest BCUT2D eigenvalue weighted by Gasteiger charge is 2.53. The molecule has 0 fully saturated rings. The summed E-state index contributed by atoms with van der Waals surface area (Å²) in [6.45, 7) is 19.4.